The van der Waals surface area contributed by atoms with E-state index in [1.165, 1.54) is 10.5 Å². The molecule has 2 heterocycles. The van der Waals surface area contributed by atoms with E-state index in [2.05, 4.69) is 22.1 Å². The Labute approximate surface area is 177 Å². The largest absolute Gasteiger partial charge is 0.479 e. The highest BCUT2D eigenvalue weighted by atomic mass is 32.2. The van der Waals surface area contributed by atoms with Crippen molar-refractivity contribution < 1.29 is 14.3 Å². The summed E-state index contributed by atoms with van der Waals surface area (Å²) < 4.78 is 5.64. The second-order valence-electron chi connectivity index (χ2n) is 6.62. The fraction of sp³-hybridized carbons (Fsp3) is 0.182. The van der Waals surface area contributed by atoms with Crippen LogP contribution in [0.3, 0.4) is 0 Å². The van der Waals surface area contributed by atoms with Gasteiger partial charge in [0.2, 0.25) is 5.91 Å². The molecule has 5 nitrogen and oxygen atoms in total. The Kier molecular flexibility index (Phi) is 5.87. The molecule has 1 aliphatic rings. The van der Waals surface area contributed by atoms with Crippen LogP contribution in [0.1, 0.15) is 12.5 Å². The van der Waals surface area contributed by atoms with Crippen LogP contribution in [0.2, 0.25) is 0 Å². The molecule has 1 aliphatic heterocycles. The molecule has 2 aromatic carbocycles. The van der Waals surface area contributed by atoms with Crippen molar-refractivity contribution >= 4 is 46.3 Å². The average molecular weight is 425 g/mol. The molecule has 0 saturated carbocycles. The van der Waals surface area contributed by atoms with Crippen molar-refractivity contribution in [2.75, 3.05) is 16.8 Å². The average Bonchev–Trinajstić information content (AvgIpc) is 3.24. The van der Waals surface area contributed by atoms with Crippen molar-refractivity contribution in [1.29, 1.82) is 0 Å². The number of ether oxygens (including phenoxy) is 1. The minimum atomic E-state index is -0.619. The highest BCUT2D eigenvalue weighted by Crippen LogP contribution is 2.34. The van der Waals surface area contributed by atoms with E-state index in [1.54, 1.807) is 42.2 Å². The zero-order valence-corrected chi connectivity index (χ0v) is 17.5. The fourth-order valence-electron chi connectivity index (χ4n) is 3.09. The van der Waals surface area contributed by atoms with Gasteiger partial charge in [0.05, 0.1) is 11.4 Å². The highest BCUT2D eigenvalue weighted by molar-refractivity contribution is 7.98. The molecule has 1 atom stereocenters. The Hall–Kier alpha value is -2.77. The summed E-state index contributed by atoms with van der Waals surface area (Å²) in [4.78, 5) is 27.8. The van der Waals surface area contributed by atoms with E-state index >= 15 is 0 Å². The number of thioether (sulfide) groups is 1. The van der Waals surface area contributed by atoms with Gasteiger partial charge in [-0.1, -0.05) is 24.3 Å². The molecule has 0 radical (unpaired) electrons. The summed E-state index contributed by atoms with van der Waals surface area (Å²) in [5.74, 6) is 0.979. The zero-order valence-electron chi connectivity index (χ0n) is 15.8. The molecule has 0 saturated heterocycles. The summed E-state index contributed by atoms with van der Waals surface area (Å²) in [5, 5.41) is 7.14. The van der Waals surface area contributed by atoms with Crippen molar-refractivity contribution in [2.24, 2.45) is 0 Å². The topological polar surface area (TPSA) is 58.6 Å². The van der Waals surface area contributed by atoms with Gasteiger partial charge in [0, 0.05) is 10.6 Å². The number of hydrogen-bond acceptors (Lipinski definition) is 5. The number of anilines is 2. The van der Waals surface area contributed by atoms with Gasteiger partial charge in [0.25, 0.3) is 5.91 Å². The van der Waals surface area contributed by atoms with Crippen molar-refractivity contribution in [3.8, 4) is 5.75 Å². The van der Waals surface area contributed by atoms with E-state index in [9.17, 15) is 9.59 Å². The van der Waals surface area contributed by atoms with Gasteiger partial charge in [-0.15, -0.1) is 11.8 Å². The third kappa shape index (κ3) is 4.46. The molecule has 0 spiro atoms. The van der Waals surface area contributed by atoms with Gasteiger partial charge in [-0.3, -0.25) is 14.5 Å². The second kappa shape index (κ2) is 8.71. The molecule has 0 fully saturated rings. The SMILES string of the molecule is CC1Oc2ccccc2N(CC(=O)Nc2ccccc2SCc2ccsc2)C1=O. The lowest BCUT2D eigenvalue weighted by Crippen LogP contribution is -2.47. The number of para-hydroxylation sites is 3. The Morgan fingerprint density at radius 1 is 1.17 bits per heavy atom. The van der Waals surface area contributed by atoms with Gasteiger partial charge in [-0.2, -0.15) is 11.3 Å². The molecule has 4 rings (SSSR count). The molecule has 0 bridgehead atoms. The smallest absolute Gasteiger partial charge is 0.268 e. The highest BCUT2D eigenvalue weighted by Gasteiger charge is 2.32. The Morgan fingerprint density at radius 2 is 1.97 bits per heavy atom. The van der Waals surface area contributed by atoms with Crippen molar-refractivity contribution in [3.05, 3.63) is 70.9 Å². The first-order valence-electron chi connectivity index (χ1n) is 9.21. The lowest BCUT2D eigenvalue weighted by Gasteiger charge is -2.32. The lowest BCUT2D eigenvalue weighted by molar-refractivity contribution is -0.127. The maximum atomic E-state index is 12.8. The summed E-state index contributed by atoms with van der Waals surface area (Å²) in [6.07, 6.45) is -0.619. The maximum absolute atomic E-state index is 12.8. The molecule has 1 aromatic heterocycles. The van der Waals surface area contributed by atoms with E-state index in [1.807, 2.05) is 36.4 Å². The van der Waals surface area contributed by atoms with Crippen LogP contribution in [0.15, 0.2) is 70.3 Å². The van der Waals surface area contributed by atoms with Gasteiger partial charge in [0.1, 0.15) is 12.3 Å². The molecular formula is C22H20N2O3S2. The normalized spacial score (nSPS) is 15.6. The predicted octanol–water partition coefficient (Wildman–Crippen LogP) is 4.79. The summed E-state index contributed by atoms with van der Waals surface area (Å²) in [7, 11) is 0. The van der Waals surface area contributed by atoms with Gasteiger partial charge in [-0.05, 0) is 53.6 Å². The van der Waals surface area contributed by atoms with Crippen LogP contribution >= 0.6 is 23.1 Å². The fourth-order valence-corrected chi connectivity index (χ4v) is 4.81. The Morgan fingerprint density at radius 3 is 2.79 bits per heavy atom. The molecule has 1 unspecified atom stereocenters. The third-order valence-corrected chi connectivity index (χ3v) is 6.39. The van der Waals surface area contributed by atoms with Crippen LogP contribution in [0, 0.1) is 0 Å². The van der Waals surface area contributed by atoms with Crippen LogP contribution in [0.25, 0.3) is 0 Å². The third-order valence-electron chi connectivity index (χ3n) is 4.51. The number of carbonyl (C=O) groups is 2. The minimum Gasteiger partial charge on any atom is -0.479 e. The van der Waals surface area contributed by atoms with E-state index < -0.39 is 6.10 Å². The quantitative estimate of drug-likeness (QED) is 0.578. The minimum absolute atomic E-state index is 0.0624. The number of thiophene rings is 1. The van der Waals surface area contributed by atoms with E-state index in [0.717, 1.165) is 16.3 Å². The monoisotopic (exact) mass is 424 g/mol. The van der Waals surface area contributed by atoms with Gasteiger partial charge in [0.15, 0.2) is 6.10 Å². The summed E-state index contributed by atoms with van der Waals surface area (Å²) >= 11 is 3.35. The maximum Gasteiger partial charge on any atom is 0.268 e. The second-order valence-corrected chi connectivity index (χ2v) is 8.41. The molecule has 7 heteroatoms. The number of fused-ring (bicyclic) bond motifs is 1. The number of nitrogens with zero attached hydrogens (tertiary/aromatic N) is 1. The van der Waals surface area contributed by atoms with Gasteiger partial charge in [-0.25, -0.2) is 0 Å². The van der Waals surface area contributed by atoms with Crippen molar-refractivity contribution in [3.63, 3.8) is 0 Å². The molecule has 2 amide bonds. The Balaban J connectivity index is 1.47. The summed E-state index contributed by atoms with van der Waals surface area (Å²) in [5.41, 5.74) is 2.62. The van der Waals surface area contributed by atoms with Crippen LogP contribution < -0.4 is 15.0 Å². The first-order valence-corrected chi connectivity index (χ1v) is 11.1. The number of rotatable bonds is 6. The number of carbonyl (C=O) groups excluding carboxylic acids is 2. The number of nitrogens with one attached hydrogen (secondary N) is 1. The molecular weight excluding hydrogens is 404 g/mol. The number of amides is 2. The van der Waals surface area contributed by atoms with Gasteiger partial charge >= 0.3 is 0 Å². The first-order chi connectivity index (χ1) is 14.1. The molecule has 29 heavy (non-hydrogen) atoms. The van der Waals surface area contributed by atoms with Crippen molar-refractivity contribution in [2.45, 2.75) is 23.7 Å². The first kappa shape index (κ1) is 19.5. The van der Waals surface area contributed by atoms with Crippen LogP contribution in [-0.2, 0) is 15.3 Å². The lowest BCUT2D eigenvalue weighted by atomic mass is 10.2. The van der Waals surface area contributed by atoms with Crippen LogP contribution in [-0.4, -0.2) is 24.5 Å². The van der Waals surface area contributed by atoms with E-state index in [-0.39, 0.29) is 18.4 Å². The molecule has 3 aromatic rings. The van der Waals surface area contributed by atoms with Gasteiger partial charge < -0.3 is 10.1 Å². The number of benzene rings is 2. The zero-order chi connectivity index (χ0) is 20.2. The standard InChI is InChI=1S/C22H20N2O3S2/c1-15-22(26)24(18-7-3-4-8-19(18)27-15)12-21(25)23-17-6-2-5-9-20(17)29-14-16-10-11-28-13-16/h2-11,13,15H,12,14H2,1H3,(H,23,25). The number of hydrogen-bond donors (Lipinski definition) is 1. The van der Waals surface area contributed by atoms with Crippen LogP contribution in [0.4, 0.5) is 11.4 Å². The van der Waals surface area contributed by atoms with E-state index in [4.69, 9.17) is 4.74 Å². The van der Waals surface area contributed by atoms with Crippen LogP contribution in [0.5, 0.6) is 5.75 Å². The predicted molar refractivity (Wildman–Crippen MR) is 118 cm³/mol. The molecule has 1 N–H and O–H groups in total. The molecule has 0 aliphatic carbocycles. The van der Waals surface area contributed by atoms with Crippen molar-refractivity contribution in [1.82, 2.24) is 0 Å². The van der Waals surface area contributed by atoms with E-state index in [0.29, 0.717) is 11.4 Å². The Bertz CT molecular complexity index is 1020. The molecule has 148 valence electrons. The summed E-state index contributed by atoms with van der Waals surface area (Å²) in [6.45, 7) is 1.63. The summed E-state index contributed by atoms with van der Waals surface area (Å²) in [6, 6.07) is 17.1.